The molecule has 2 aromatic rings. The highest BCUT2D eigenvalue weighted by atomic mass is 16.7. The average molecular weight is 663 g/mol. The lowest BCUT2D eigenvalue weighted by Crippen LogP contribution is -2.65. The van der Waals surface area contributed by atoms with Gasteiger partial charge in [0.15, 0.2) is 0 Å². The van der Waals surface area contributed by atoms with Crippen LogP contribution in [0.3, 0.4) is 0 Å². The molecule has 0 aromatic heterocycles. The van der Waals surface area contributed by atoms with E-state index in [2.05, 4.69) is 31.4 Å². The van der Waals surface area contributed by atoms with Gasteiger partial charge in [-0.05, 0) is 102 Å². The summed E-state index contributed by atoms with van der Waals surface area (Å²) in [7, 11) is 0.705. The zero-order valence-electron chi connectivity index (χ0n) is 30.0. The van der Waals surface area contributed by atoms with Crippen LogP contribution in [-0.2, 0) is 30.0 Å². The predicted octanol–water partition coefficient (Wildman–Crippen LogP) is 6.21. The number of ether oxygens (including phenoxy) is 3. The molecule has 6 unspecified atom stereocenters. The van der Waals surface area contributed by atoms with E-state index in [1.54, 1.807) is 57.2 Å². The molecule has 2 amide bonds. The first-order valence-electron chi connectivity index (χ1n) is 16.9. The molecule has 3 saturated carbocycles. The largest absolute Gasteiger partial charge is 0.496 e. The van der Waals surface area contributed by atoms with Gasteiger partial charge in [0.2, 0.25) is 5.91 Å². The Bertz CT molecular complexity index is 1520. The predicted molar refractivity (Wildman–Crippen MR) is 182 cm³/mol. The van der Waals surface area contributed by atoms with Crippen molar-refractivity contribution in [1.82, 2.24) is 10.6 Å². The van der Waals surface area contributed by atoms with Gasteiger partial charge in [0.25, 0.3) is 0 Å². The monoisotopic (exact) mass is 662 g/mol. The highest BCUT2D eigenvalue weighted by Crippen LogP contribution is 2.65. The van der Waals surface area contributed by atoms with Crippen molar-refractivity contribution in [2.75, 3.05) is 7.11 Å². The van der Waals surface area contributed by atoms with Crippen LogP contribution < -0.4 is 15.4 Å². The molecule has 3 aliphatic carbocycles. The Morgan fingerprint density at radius 1 is 0.917 bits per heavy atom. The van der Waals surface area contributed by atoms with Gasteiger partial charge >= 0.3 is 19.2 Å². The number of rotatable bonds is 9. The van der Waals surface area contributed by atoms with Crippen LogP contribution >= 0.6 is 0 Å². The Labute approximate surface area is 285 Å². The van der Waals surface area contributed by atoms with E-state index in [0.29, 0.717) is 28.7 Å². The molecule has 11 heteroatoms. The Kier molecular flexibility index (Phi) is 9.71. The zero-order chi connectivity index (χ0) is 35.2. The van der Waals surface area contributed by atoms with Gasteiger partial charge in [0.1, 0.15) is 28.6 Å². The van der Waals surface area contributed by atoms with Gasteiger partial charge in [0, 0.05) is 0 Å². The summed E-state index contributed by atoms with van der Waals surface area (Å²) >= 11 is 0. The molecule has 6 atom stereocenters. The number of methoxy groups -OCH3 is 1. The molecular weight excluding hydrogens is 611 g/mol. The smallest absolute Gasteiger partial charge is 0.482 e. The van der Waals surface area contributed by atoms with Crippen molar-refractivity contribution >= 4 is 25.1 Å². The maximum absolute atomic E-state index is 14.3. The van der Waals surface area contributed by atoms with Crippen LogP contribution in [0.4, 0.5) is 4.79 Å². The minimum Gasteiger partial charge on any atom is -0.496 e. The first kappa shape index (κ1) is 35.7. The molecule has 10 nitrogen and oxygen atoms in total. The zero-order valence-corrected chi connectivity index (χ0v) is 30.0. The molecule has 260 valence electrons. The van der Waals surface area contributed by atoms with Crippen LogP contribution in [0, 0.1) is 17.3 Å². The Hall–Kier alpha value is -3.57. The number of alkyl carbamates (subject to hydrolysis) is 1. The second kappa shape index (κ2) is 13.0. The lowest BCUT2D eigenvalue weighted by molar-refractivity contribution is -0.199. The van der Waals surface area contributed by atoms with Crippen molar-refractivity contribution in [2.24, 2.45) is 17.3 Å². The summed E-state index contributed by atoms with van der Waals surface area (Å²) in [6.45, 7) is 17.4. The van der Waals surface area contributed by atoms with E-state index in [9.17, 15) is 14.4 Å². The number of amides is 2. The fourth-order valence-electron chi connectivity index (χ4n) is 7.64. The normalized spacial score (nSPS) is 25.5. The van der Waals surface area contributed by atoms with Crippen molar-refractivity contribution < 1.29 is 37.9 Å². The number of hydrogen-bond acceptors (Lipinski definition) is 8. The van der Waals surface area contributed by atoms with Gasteiger partial charge in [0.05, 0.1) is 24.8 Å². The van der Waals surface area contributed by atoms with E-state index in [0.717, 1.165) is 12.8 Å². The molecule has 4 fully saturated rings. The molecule has 6 rings (SSSR count). The highest BCUT2D eigenvalue weighted by molar-refractivity contribution is 6.48. The first-order chi connectivity index (χ1) is 22.3. The van der Waals surface area contributed by atoms with Gasteiger partial charge in [-0.25, -0.2) is 9.59 Å². The number of hydrogen-bond donors (Lipinski definition) is 2. The Balaban J connectivity index is 1.48. The van der Waals surface area contributed by atoms with Crippen LogP contribution in [0.25, 0.3) is 0 Å². The lowest BCUT2D eigenvalue weighted by atomic mass is 9.43. The topological polar surface area (TPSA) is 121 Å². The molecule has 1 aliphatic heterocycles. The third-order valence-corrected chi connectivity index (χ3v) is 10.0. The van der Waals surface area contributed by atoms with E-state index in [1.807, 2.05) is 32.9 Å². The molecule has 0 spiro atoms. The van der Waals surface area contributed by atoms with Crippen molar-refractivity contribution in [3.63, 3.8) is 0 Å². The molecule has 2 bridgehead atoms. The average Bonchev–Trinajstić information content (AvgIpc) is 3.35. The standard InChI is InChI=1S/C37H51BN2O8/c1-34(2,3)45-32(42)25-18-14-17-23(30(25)44-10)19-28(38-47-27-21-24-20-26(36(24,7)8)37(27,9)48-38)39-31(41)29(22-15-12-11-13-16-22)40-33(43)46-35(4,5)6/h11-18,24,26-29H,19-21H2,1-10H3,(H,39,41)(H,40,43). The molecule has 1 heterocycles. The second-order valence-corrected chi connectivity index (χ2v) is 16.1. The summed E-state index contributed by atoms with van der Waals surface area (Å²) in [6, 6.07) is 13.2. The molecule has 4 aliphatic rings. The first-order valence-corrected chi connectivity index (χ1v) is 16.9. The van der Waals surface area contributed by atoms with Gasteiger partial charge in [-0.15, -0.1) is 0 Å². The number of carbonyl (C=O) groups excluding carboxylic acids is 3. The SMILES string of the molecule is COc1c(CC(NC(=O)C(NC(=O)OC(C)(C)C)c2ccccc2)B2OC3CC4CC(C4(C)C)C3(C)O2)cccc1C(=O)OC(C)(C)C. The summed E-state index contributed by atoms with van der Waals surface area (Å²) in [6.07, 6.45) is 1.32. The van der Waals surface area contributed by atoms with Crippen LogP contribution in [0.15, 0.2) is 48.5 Å². The third kappa shape index (κ3) is 7.37. The van der Waals surface area contributed by atoms with Crippen molar-refractivity contribution in [1.29, 1.82) is 0 Å². The number of para-hydroxylation sites is 1. The highest BCUT2D eigenvalue weighted by Gasteiger charge is 2.68. The third-order valence-electron chi connectivity index (χ3n) is 10.0. The molecule has 0 radical (unpaired) electrons. The maximum Gasteiger partial charge on any atom is 0.482 e. The van der Waals surface area contributed by atoms with Gasteiger partial charge in [-0.1, -0.05) is 56.3 Å². The number of benzene rings is 2. The van der Waals surface area contributed by atoms with E-state index < -0.39 is 53.9 Å². The second-order valence-electron chi connectivity index (χ2n) is 16.1. The number of nitrogens with one attached hydrogen (secondary N) is 2. The summed E-state index contributed by atoms with van der Waals surface area (Å²) < 4.78 is 30.5. The number of carbonyl (C=O) groups is 3. The summed E-state index contributed by atoms with van der Waals surface area (Å²) in [4.78, 5) is 40.4. The number of esters is 1. The van der Waals surface area contributed by atoms with E-state index >= 15 is 0 Å². The minimum atomic E-state index is -1.07. The summed E-state index contributed by atoms with van der Waals surface area (Å²) in [5.74, 6) is -0.483. The fraction of sp³-hybridized carbons (Fsp3) is 0.595. The Morgan fingerprint density at radius 3 is 2.19 bits per heavy atom. The van der Waals surface area contributed by atoms with Crippen LogP contribution in [0.1, 0.15) is 103 Å². The van der Waals surface area contributed by atoms with Crippen LogP contribution in [0.5, 0.6) is 5.75 Å². The van der Waals surface area contributed by atoms with Crippen molar-refractivity contribution in [3.05, 3.63) is 65.2 Å². The fourth-order valence-corrected chi connectivity index (χ4v) is 7.64. The van der Waals surface area contributed by atoms with Crippen molar-refractivity contribution in [2.45, 2.75) is 116 Å². The summed E-state index contributed by atoms with van der Waals surface area (Å²) in [5.41, 5.74) is -0.329. The van der Waals surface area contributed by atoms with E-state index in [4.69, 9.17) is 23.5 Å². The quantitative estimate of drug-likeness (QED) is 0.240. The Morgan fingerprint density at radius 2 is 1.58 bits per heavy atom. The van der Waals surface area contributed by atoms with E-state index in [-0.39, 0.29) is 23.5 Å². The molecule has 2 aromatic carbocycles. The molecule has 48 heavy (non-hydrogen) atoms. The molecular formula is C37H51BN2O8. The maximum atomic E-state index is 14.3. The minimum absolute atomic E-state index is 0.126. The lowest BCUT2D eigenvalue weighted by Gasteiger charge is -2.64. The summed E-state index contributed by atoms with van der Waals surface area (Å²) in [5, 5.41) is 5.92. The van der Waals surface area contributed by atoms with Gasteiger partial charge in [-0.2, -0.15) is 0 Å². The molecule has 2 N–H and O–H groups in total. The van der Waals surface area contributed by atoms with E-state index in [1.165, 1.54) is 7.11 Å². The molecule has 1 saturated heterocycles. The van der Waals surface area contributed by atoms with Gasteiger partial charge < -0.3 is 34.2 Å². The van der Waals surface area contributed by atoms with Crippen LogP contribution in [0.2, 0.25) is 0 Å². The van der Waals surface area contributed by atoms with Crippen molar-refractivity contribution in [3.8, 4) is 5.75 Å². The van der Waals surface area contributed by atoms with Crippen LogP contribution in [-0.4, -0.2) is 61.0 Å². The van der Waals surface area contributed by atoms with Gasteiger partial charge in [-0.3, -0.25) is 4.79 Å².